The molecule has 12 nitrogen and oxygen atoms in total. The lowest BCUT2D eigenvalue weighted by molar-refractivity contribution is -0.238. The Morgan fingerprint density at radius 3 is 1.55 bits per heavy atom. The van der Waals surface area contributed by atoms with Gasteiger partial charge in [0.2, 0.25) is 5.91 Å². The van der Waals surface area contributed by atoms with E-state index in [2.05, 4.69) is 19.2 Å². The number of ether oxygens (including phenoxy) is 2. The van der Waals surface area contributed by atoms with Crippen molar-refractivity contribution in [2.45, 2.75) is 244 Å². The summed E-state index contributed by atoms with van der Waals surface area (Å²) in [7, 11) is 0. The average Bonchev–Trinajstić information content (AvgIpc) is 3.27. The summed E-state index contributed by atoms with van der Waals surface area (Å²) >= 11 is 0. The molecule has 1 aromatic rings. The van der Waals surface area contributed by atoms with E-state index >= 15 is 0 Å². The molecule has 0 unspecified atom stereocenters. The zero-order valence-electron chi connectivity index (χ0n) is 39.3. The van der Waals surface area contributed by atoms with Crippen LogP contribution in [0.15, 0.2) is 30.3 Å². The van der Waals surface area contributed by atoms with Gasteiger partial charge in [-0.05, 0) is 25.3 Å². The molecule has 4 amide bonds. The Labute approximate surface area is 376 Å². The number of urea groups is 1. The molecule has 1 heterocycles. The Hall–Kier alpha value is -2.77. The van der Waals surface area contributed by atoms with E-state index < -0.39 is 61.3 Å². The number of benzene rings is 1. The molecule has 12 heteroatoms. The van der Waals surface area contributed by atoms with E-state index in [0.29, 0.717) is 23.4 Å². The van der Waals surface area contributed by atoms with Crippen molar-refractivity contribution in [1.82, 2.24) is 15.1 Å². The van der Waals surface area contributed by atoms with Gasteiger partial charge in [0.15, 0.2) is 6.23 Å². The summed E-state index contributed by atoms with van der Waals surface area (Å²) in [6.07, 6.45) is 26.4. The molecule has 0 saturated carbocycles. The molecule has 1 aromatic carbocycles. The van der Waals surface area contributed by atoms with Crippen LogP contribution in [0.2, 0.25) is 0 Å². The maximum atomic E-state index is 14.2. The summed E-state index contributed by atoms with van der Waals surface area (Å²) in [5.74, 6) is -0.866. The number of imide groups is 1. The number of unbranched alkanes of at least 4 members (excludes halogenated alkanes) is 26. The zero-order valence-corrected chi connectivity index (χ0v) is 39.3. The van der Waals surface area contributed by atoms with E-state index in [1.807, 2.05) is 6.07 Å². The Kier molecular flexibility index (Phi) is 31.8. The van der Waals surface area contributed by atoms with Gasteiger partial charge < -0.3 is 35.8 Å². The Morgan fingerprint density at radius 2 is 1.11 bits per heavy atom. The molecule has 1 aliphatic rings. The minimum Gasteiger partial charge on any atom is -0.444 e. The maximum absolute atomic E-state index is 14.2. The SMILES string of the molecule is CCCCCCCCCCCCCCCCCCNC(=O)N(CCCCCCCCCCCCCC)[C@@H]1O[C@H](CO)[C@@H](O)[C@H](O)[C@H]1N(C(=O)OCc1ccccc1)C(=O)[C@H](C)N. The van der Waals surface area contributed by atoms with Gasteiger partial charge in [0, 0.05) is 13.1 Å². The van der Waals surface area contributed by atoms with Gasteiger partial charge in [-0.25, -0.2) is 14.5 Å². The number of carbonyl (C=O) groups excluding carboxylic acids is 3. The summed E-state index contributed by atoms with van der Waals surface area (Å²) in [6, 6.07) is 5.70. The molecule has 1 aliphatic heterocycles. The first-order valence-electron chi connectivity index (χ1n) is 25.1. The van der Waals surface area contributed by atoms with Crippen molar-refractivity contribution in [2.75, 3.05) is 19.7 Å². The van der Waals surface area contributed by atoms with Crippen LogP contribution in [0.5, 0.6) is 0 Å². The number of hydrogen-bond acceptors (Lipinski definition) is 9. The predicted molar refractivity (Wildman–Crippen MR) is 249 cm³/mol. The van der Waals surface area contributed by atoms with Crippen LogP contribution in [0.25, 0.3) is 0 Å². The lowest BCUT2D eigenvalue weighted by Crippen LogP contribution is -2.71. The third-order valence-electron chi connectivity index (χ3n) is 12.3. The number of carbonyl (C=O) groups is 3. The molecule has 6 atom stereocenters. The number of aliphatic hydroxyl groups is 3. The van der Waals surface area contributed by atoms with Gasteiger partial charge in [-0.15, -0.1) is 0 Å². The quantitative estimate of drug-likeness (QED) is 0.0411. The van der Waals surface area contributed by atoms with Crippen LogP contribution in [0, 0.1) is 0 Å². The molecular formula is C50H90N4O8. The van der Waals surface area contributed by atoms with Gasteiger partial charge in [-0.2, -0.15) is 0 Å². The lowest BCUT2D eigenvalue weighted by Gasteiger charge is -2.49. The van der Waals surface area contributed by atoms with E-state index in [1.54, 1.807) is 24.3 Å². The second kappa shape index (κ2) is 35.6. The highest BCUT2D eigenvalue weighted by Gasteiger charge is 2.53. The van der Waals surface area contributed by atoms with Crippen molar-refractivity contribution in [3.8, 4) is 0 Å². The molecule has 1 fully saturated rings. The number of aliphatic hydroxyl groups excluding tert-OH is 3. The maximum Gasteiger partial charge on any atom is 0.417 e. The molecule has 0 spiro atoms. The monoisotopic (exact) mass is 875 g/mol. The van der Waals surface area contributed by atoms with Gasteiger partial charge in [-0.3, -0.25) is 9.69 Å². The first-order chi connectivity index (χ1) is 30.2. The Morgan fingerprint density at radius 1 is 0.677 bits per heavy atom. The van der Waals surface area contributed by atoms with Gasteiger partial charge in [0.25, 0.3) is 0 Å². The topological polar surface area (TPSA) is 175 Å². The zero-order chi connectivity index (χ0) is 45.2. The van der Waals surface area contributed by atoms with Crippen LogP contribution in [-0.2, 0) is 20.9 Å². The average molecular weight is 875 g/mol. The van der Waals surface area contributed by atoms with Gasteiger partial charge in [0.1, 0.15) is 31.0 Å². The fraction of sp³-hybridized carbons (Fsp3) is 0.820. The second-order valence-electron chi connectivity index (χ2n) is 17.9. The summed E-state index contributed by atoms with van der Waals surface area (Å²) in [4.78, 5) is 43.8. The molecule has 358 valence electrons. The smallest absolute Gasteiger partial charge is 0.417 e. The van der Waals surface area contributed by atoms with Crippen molar-refractivity contribution < 1.29 is 39.2 Å². The molecule has 0 aliphatic carbocycles. The standard InChI is InChI=1S/C50H90N4O8/c1-4-6-8-10-12-14-16-18-19-20-21-22-24-26-28-33-37-52-49(59)53(38-34-29-27-25-23-17-15-13-11-9-7-5-2)48-44(46(57)45(56)43(39-55)62-48)54(47(58)41(3)51)50(60)61-40-42-35-31-30-32-36-42/h30-32,35-36,41,43-46,48,55-57H,4-29,33-34,37-40,51H2,1-3H3,(H,52,59)/t41-,43+,44+,45+,46+,48+/m0/s1. The molecule has 0 aromatic heterocycles. The van der Waals surface area contributed by atoms with E-state index in [4.69, 9.17) is 15.2 Å². The molecular weight excluding hydrogens is 785 g/mol. The largest absolute Gasteiger partial charge is 0.444 e. The summed E-state index contributed by atoms with van der Waals surface area (Å²) in [5.41, 5.74) is 6.72. The number of rotatable bonds is 36. The van der Waals surface area contributed by atoms with Crippen LogP contribution in [-0.4, -0.2) is 99.5 Å². The van der Waals surface area contributed by atoms with Crippen LogP contribution in [0.4, 0.5) is 9.59 Å². The van der Waals surface area contributed by atoms with Crippen molar-refractivity contribution in [3.63, 3.8) is 0 Å². The molecule has 0 bridgehead atoms. The Bertz CT molecular complexity index is 1270. The fourth-order valence-electron chi connectivity index (χ4n) is 8.42. The first-order valence-corrected chi connectivity index (χ1v) is 25.1. The number of hydrogen-bond donors (Lipinski definition) is 5. The van der Waals surface area contributed by atoms with E-state index in [1.165, 1.54) is 140 Å². The molecule has 62 heavy (non-hydrogen) atoms. The highest BCUT2D eigenvalue weighted by molar-refractivity contribution is 5.95. The number of nitrogens with two attached hydrogens (primary N) is 1. The molecule has 0 radical (unpaired) electrons. The van der Waals surface area contributed by atoms with Crippen molar-refractivity contribution >= 4 is 18.0 Å². The number of nitrogens with zero attached hydrogens (tertiary/aromatic N) is 2. The fourth-order valence-corrected chi connectivity index (χ4v) is 8.42. The highest BCUT2D eigenvalue weighted by Crippen LogP contribution is 2.30. The third-order valence-corrected chi connectivity index (χ3v) is 12.3. The minimum atomic E-state index is -1.78. The molecule has 2 rings (SSSR count). The predicted octanol–water partition coefficient (Wildman–Crippen LogP) is 10.3. The molecule has 6 N–H and O–H groups in total. The van der Waals surface area contributed by atoms with Crippen LogP contribution in [0.1, 0.15) is 206 Å². The van der Waals surface area contributed by atoms with Gasteiger partial charge >= 0.3 is 12.1 Å². The second-order valence-corrected chi connectivity index (χ2v) is 17.9. The summed E-state index contributed by atoms with van der Waals surface area (Å²) < 4.78 is 11.8. The summed E-state index contributed by atoms with van der Waals surface area (Å²) in [6.45, 7) is 5.69. The van der Waals surface area contributed by atoms with E-state index in [9.17, 15) is 29.7 Å². The molecule has 1 saturated heterocycles. The number of amides is 4. The van der Waals surface area contributed by atoms with Gasteiger partial charge in [-0.1, -0.05) is 211 Å². The van der Waals surface area contributed by atoms with Gasteiger partial charge in [0.05, 0.1) is 12.6 Å². The third kappa shape index (κ3) is 22.7. The minimum absolute atomic E-state index is 0.166. The Balaban J connectivity index is 2.06. The first kappa shape index (κ1) is 55.4. The summed E-state index contributed by atoms with van der Waals surface area (Å²) in [5, 5.41) is 36.0. The normalized spacial score (nSPS) is 19.2. The van der Waals surface area contributed by atoms with Crippen LogP contribution in [0.3, 0.4) is 0 Å². The van der Waals surface area contributed by atoms with Crippen molar-refractivity contribution in [3.05, 3.63) is 35.9 Å². The highest BCUT2D eigenvalue weighted by atomic mass is 16.6. The van der Waals surface area contributed by atoms with E-state index in [-0.39, 0.29) is 13.2 Å². The lowest BCUT2D eigenvalue weighted by atomic mass is 9.93. The van der Waals surface area contributed by atoms with E-state index in [0.717, 1.165) is 44.9 Å². The van der Waals surface area contributed by atoms with Crippen molar-refractivity contribution in [1.29, 1.82) is 0 Å². The van der Waals surface area contributed by atoms with Crippen LogP contribution < -0.4 is 11.1 Å². The van der Waals surface area contributed by atoms with Crippen molar-refractivity contribution in [2.24, 2.45) is 5.73 Å². The number of nitrogens with one attached hydrogen (secondary N) is 1. The van der Waals surface area contributed by atoms with Crippen LogP contribution >= 0.6 is 0 Å².